The highest BCUT2D eigenvalue weighted by Gasteiger charge is 2.30. The molecular weight excluding hydrogens is 1330 g/mol. The molecule has 5 unspecified atom stereocenters. The monoisotopic (exact) mass is 1480 g/mol. The molecule has 0 spiro atoms. The van der Waals surface area contributed by atoms with Crippen molar-refractivity contribution in [2.45, 2.75) is 380 Å². The summed E-state index contributed by atoms with van der Waals surface area (Å²) in [6.07, 6.45) is 78.4. The summed E-state index contributed by atoms with van der Waals surface area (Å²) < 4.78 is 68.6. The fraction of sp³-hybridized carbons (Fsp3) is 0.783. The Balaban J connectivity index is 5.34. The molecule has 0 aromatic carbocycles. The van der Waals surface area contributed by atoms with Crippen LogP contribution in [0, 0.1) is 0 Å². The maximum Gasteiger partial charge on any atom is 0.472 e. The molecule has 0 heterocycles. The van der Waals surface area contributed by atoms with Gasteiger partial charge in [0.15, 0.2) is 12.2 Å². The van der Waals surface area contributed by atoms with E-state index < -0.39 is 97.5 Å². The van der Waals surface area contributed by atoms with Gasteiger partial charge in [-0.2, -0.15) is 0 Å². The van der Waals surface area contributed by atoms with Gasteiger partial charge in [0.2, 0.25) is 0 Å². The van der Waals surface area contributed by atoms with Crippen molar-refractivity contribution in [2.24, 2.45) is 0 Å². The van der Waals surface area contributed by atoms with E-state index in [0.717, 1.165) is 180 Å². The number of esters is 4. The van der Waals surface area contributed by atoms with Crippen molar-refractivity contribution in [1.82, 2.24) is 0 Å². The minimum atomic E-state index is -4.98. The van der Waals surface area contributed by atoms with E-state index >= 15 is 0 Å². The number of ether oxygens (including phenoxy) is 4. The zero-order valence-corrected chi connectivity index (χ0v) is 66.6. The summed E-state index contributed by atoms with van der Waals surface area (Å²) in [6.45, 7) is 4.81. The van der Waals surface area contributed by atoms with E-state index in [1.54, 1.807) is 0 Å². The first-order valence-corrected chi connectivity index (χ1v) is 43.8. The van der Waals surface area contributed by atoms with Crippen LogP contribution >= 0.6 is 15.6 Å². The molecule has 0 aliphatic heterocycles. The van der Waals surface area contributed by atoms with Gasteiger partial charge in [-0.1, -0.05) is 293 Å². The molecule has 0 saturated heterocycles. The number of rotatable bonds is 77. The molecule has 0 aromatic rings. The molecule has 0 aliphatic carbocycles. The molecule has 0 aromatic heterocycles. The molecule has 19 heteroatoms. The van der Waals surface area contributed by atoms with Gasteiger partial charge in [-0.15, -0.1) is 0 Å². The fourth-order valence-electron chi connectivity index (χ4n) is 11.1. The predicted octanol–water partition coefficient (Wildman–Crippen LogP) is 23.8. The Bertz CT molecular complexity index is 2260. The quantitative estimate of drug-likeness (QED) is 0.0169. The molecular formula is C83H148O17P2. The third-order valence-corrected chi connectivity index (χ3v) is 19.2. The van der Waals surface area contributed by atoms with E-state index in [4.69, 9.17) is 37.0 Å². The van der Waals surface area contributed by atoms with Crippen molar-refractivity contribution in [2.75, 3.05) is 39.6 Å². The van der Waals surface area contributed by atoms with Gasteiger partial charge in [0.05, 0.1) is 26.4 Å². The highest BCUT2D eigenvalue weighted by atomic mass is 31.2. The summed E-state index contributed by atoms with van der Waals surface area (Å²) >= 11 is 0. The Kier molecular flexibility index (Phi) is 72.7. The van der Waals surface area contributed by atoms with Gasteiger partial charge < -0.3 is 33.8 Å². The number of carbonyl (C=O) groups excluding carboxylic acids is 4. The second-order valence-electron chi connectivity index (χ2n) is 27.4. The van der Waals surface area contributed by atoms with E-state index in [1.807, 2.05) is 0 Å². The van der Waals surface area contributed by atoms with E-state index in [1.165, 1.54) is 103 Å². The lowest BCUT2D eigenvalue weighted by molar-refractivity contribution is -0.161. The number of phosphoric acid groups is 2. The van der Waals surface area contributed by atoms with Crippen molar-refractivity contribution < 1.29 is 80.2 Å². The first-order valence-electron chi connectivity index (χ1n) is 40.8. The van der Waals surface area contributed by atoms with Gasteiger partial charge in [-0.05, 0) is 128 Å². The van der Waals surface area contributed by atoms with Gasteiger partial charge in [0.25, 0.3) is 0 Å². The van der Waals surface area contributed by atoms with Gasteiger partial charge in [0.1, 0.15) is 19.3 Å². The smallest absolute Gasteiger partial charge is 0.462 e. The molecule has 0 rings (SSSR count). The van der Waals surface area contributed by atoms with Crippen molar-refractivity contribution in [1.29, 1.82) is 0 Å². The summed E-state index contributed by atoms with van der Waals surface area (Å²) in [6, 6.07) is 0. The molecule has 0 radical (unpaired) electrons. The highest BCUT2D eigenvalue weighted by Crippen LogP contribution is 2.45. The molecule has 17 nitrogen and oxygen atoms in total. The number of unbranched alkanes of at least 4 members (excludes halogenated alkanes) is 37. The van der Waals surface area contributed by atoms with Crippen LogP contribution in [0.2, 0.25) is 0 Å². The molecule has 102 heavy (non-hydrogen) atoms. The molecule has 592 valence electrons. The van der Waals surface area contributed by atoms with Crippen LogP contribution in [0.1, 0.15) is 362 Å². The summed E-state index contributed by atoms with van der Waals surface area (Å²) in [5.41, 5.74) is 0. The van der Waals surface area contributed by atoms with Crippen molar-refractivity contribution >= 4 is 39.5 Å². The number of hydrogen-bond acceptors (Lipinski definition) is 15. The van der Waals surface area contributed by atoms with E-state index in [9.17, 15) is 43.2 Å². The maximum absolute atomic E-state index is 13.1. The zero-order valence-electron chi connectivity index (χ0n) is 64.8. The average Bonchev–Trinajstić information content (AvgIpc) is 0.940. The highest BCUT2D eigenvalue weighted by molar-refractivity contribution is 7.47. The molecule has 0 saturated carbocycles. The summed E-state index contributed by atoms with van der Waals surface area (Å²) in [5, 5.41) is 10.6. The van der Waals surface area contributed by atoms with Crippen LogP contribution in [0.3, 0.4) is 0 Å². The second-order valence-corrected chi connectivity index (χ2v) is 30.3. The first kappa shape index (κ1) is 98.2. The number of aliphatic hydroxyl groups excluding tert-OH is 1. The van der Waals surface area contributed by atoms with Gasteiger partial charge in [0, 0.05) is 25.7 Å². The molecule has 5 atom stereocenters. The van der Waals surface area contributed by atoms with Crippen LogP contribution in [0.4, 0.5) is 0 Å². The molecule has 0 fully saturated rings. The molecule has 0 bridgehead atoms. The van der Waals surface area contributed by atoms with E-state index in [2.05, 4.69) is 113 Å². The van der Waals surface area contributed by atoms with Crippen molar-refractivity contribution in [3.63, 3.8) is 0 Å². The Hall–Kier alpha value is -3.76. The molecule has 3 N–H and O–H groups in total. The molecule has 0 aliphatic rings. The number of carbonyl (C=O) groups is 4. The Morgan fingerprint density at radius 2 is 0.480 bits per heavy atom. The number of phosphoric ester groups is 2. The Labute approximate surface area is 621 Å². The lowest BCUT2D eigenvalue weighted by Gasteiger charge is -2.21. The van der Waals surface area contributed by atoms with Crippen LogP contribution in [0.25, 0.3) is 0 Å². The largest absolute Gasteiger partial charge is 0.472 e. The van der Waals surface area contributed by atoms with Crippen LogP contribution in [0.5, 0.6) is 0 Å². The normalized spacial score (nSPS) is 14.3. The van der Waals surface area contributed by atoms with Gasteiger partial charge in [-0.25, -0.2) is 9.13 Å². The minimum absolute atomic E-state index is 0.0786. The lowest BCUT2D eigenvalue weighted by Crippen LogP contribution is -2.30. The average molecular weight is 1480 g/mol. The summed E-state index contributed by atoms with van der Waals surface area (Å²) in [4.78, 5) is 73.0. The minimum Gasteiger partial charge on any atom is -0.462 e. The predicted molar refractivity (Wildman–Crippen MR) is 418 cm³/mol. The Morgan fingerprint density at radius 1 is 0.275 bits per heavy atom. The van der Waals surface area contributed by atoms with Gasteiger partial charge in [-0.3, -0.25) is 37.3 Å². The van der Waals surface area contributed by atoms with E-state index in [-0.39, 0.29) is 25.7 Å². The third-order valence-electron chi connectivity index (χ3n) is 17.3. The Morgan fingerprint density at radius 3 is 0.775 bits per heavy atom. The van der Waals surface area contributed by atoms with Crippen LogP contribution in [0.15, 0.2) is 85.1 Å². The first-order chi connectivity index (χ1) is 49.7. The topological polar surface area (TPSA) is 237 Å². The fourth-order valence-corrected chi connectivity index (χ4v) is 12.6. The standard InChI is InChI=1S/C83H148O17P2/c1-5-9-13-17-21-25-29-32-34-36-38-40-42-45-49-52-56-60-64-68-81(86)94-74-79(100-83(88)70-66-62-58-54-50-46-43-41-39-37-35-33-30-26-22-18-14-10-6-2)76-98-102(91,92)96-72-77(84)71-95-101(89,90)97-75-78(99-82(87)69-65-61-57-53-47-28-24-20-16-12-8-4)73-93-80(85)67-63-59-55-51-48-44-31-27-23-19-15-11-7-3/h21-22,25-27,31-35,38-41,77-79,84H,5-20,23-24,28-30,36-37,42-76H2,1-4H3,(H,89,90)(H,91,92)/b25-21-,26-22-,31-27-,34-32-,35-33-,40-38-,41-39-. The van der Waals surface area contributed by atoms with E-state index in [0.29, 0.717) is 25.7 Å². The second kappa shape index (κ2) is 75.5. The maximum atomic E-state index is 13.1. The SMILES string of the molecule is CCCCC/C=C\C/C=C\C/C=C\CCCCCCCCC(=O)OCC(COP(=O)(O)OCC(O)COP(=O)(O)OCC(COC(=O)CCCCCCC/C=C\CCCCCC)OC(=O)CCCCCCCCCCCCC)OC(=O)CCCCCCCC/C=C\C/C=C\C/C=C\CCCCC. The van der Waals surface area contributed by atoms with Crippen LogP contribution in [-0.4, -0.2) is 96.7 Å². The summed E-state index contributed by atoms with van der Waals surface area (Å²) in [7, 11) is -9.95. The van der Waals surface area contributed by atoms with Crippen molar-refractivity contribution in [3.05, 3.63) is 85.1 Å². The third kappa shape index (κ3) is 74.5. The lowest BCUT2D eigenvalue weighted by atomic mass is 10.1. The number of allylic oxidation sites excluding steroid dienone is 14. The van der Waals surface area contributed by atoms with Crippen LogP contribution in [-0.2, 0) is 65.4 Å². The summed E-state index contributed by atoms with van der Waals surface area (Å²) in [5.74, 6) is -2.19. The van der Waals surface area contributed by atoms with Gasteiger partial charge >= 0.3 is 39.5 Å². The number of aliphatic hydroxyl groups is 1. The van der Waals surface area contributed by atoms with Crippen LogP contribution < -0.4 is 0 Å². The molecule has 0 amide bonds. The van der Waals surface area contributed by atoms with Crippen molar-refractivity contribution in [3.8, 4) is 0 Å². The number of hydrogen-bond donors (Lipinski definition) is 3. The zero-order chi connectivity index (χ0) is 74.6.